The molecule has 0 bridgehead atoms. The normalized spacial score (nSPS) is 10.3. The van der Waals surface area contributed by atoms with Crippen LogP contribution in [0.1, 0.15) is 0 Å². The molecule has 12 heavy (non-hydrogen) atoms. The zero-order valence-electron chi connectivity index (χ0n) is 6.53. The number of hydrogen-bond acceptors (Lipinski definition) is 1. The lowest BCUT2D eigenvalue weighted by atomic mass is 10.3. The second kappa shape index (κ2) is 3.46. The maximum atomic E-state index is 5.59. The van der Waals surface area contributed by atoms with Crippen molar-refractivity contribution in [2.45, 2.75) is 0 Å². The Labute approximate surface area is 73.1 Å². The molecule has 60 valence electrons. The molecule has 1 heterocycles. The summed E-state index contributed by atoms with van der Waals surface area (Å²) in [6, 6.07) is 13.9. The first kappa shape index (κ1) is 7.45. The van der Waals surface area contributed by atoms with Crippen molar-refractivity contribution in [3.05, 3.63) is 48.3 Å². The van der Waals surface area contributed by atoms with E-state index in [1.807, 2.05) is 42.5 Å². The van der Waals surface area contributed by atoms with Gasteiger partial charge in [-0.2, -0.15) is 0 Å². The van der Waals surface area contributed by atoms with Crippen LogP contribution in [0.25, 0.3) is 0 Å². The molecular weight excluding hydrogens is 167 g/mol. The molecule has 0 aliphatic heterocycles. The van der Waals surface area contributed by atoms with E-state index in [9.17, 15) is 0 Å². The SMILES string of the molecule is c1ccc(Oc2ccc[pH]2)cc1. The molecule has 2 heteroatoms. The topological polar surface area (TPSA) is 9.23 Å². The van der Waals surface area contributed by atoms with E-state index in [1.165, 1.54) is 0 Å². The summed E-state index contributed by atoms with van der Waals surface area (Å²) in [4.78, 5) is 0. The molecule has 0 radical (unpaired) electrons. The van der Waals surface area contributed by atoms with Crippen molar-refractivity contribution in [1.29, 1.82) is 0 Å². The first-order valence-corrected chi connectivity index (χ1v) is 4.89. The van der Waals surface area contributed by atoms with Gasteiger partial charge in [0.2, 0.25) is 0 Å². The Morgan fingerprint density at radius 1 is 0.917 bits per heavy atom. The zero-order chi connectivity index (χ0) is 8.23. The van der Waals surface area contributed by atoms with Gasteiger partial charge in [0, 0.05) is 0 Å². The van der Waals surface area contributed by atoms with E-state index >= 15 is 0 Å². The second-order valence-electron chi connectivity index (χ2n) is 2.45. The standard InChI is InChI=1S/C10H9OP/c1-2-5-9(6-3-1)11-10-7-4-8-12-10/h1-8,12H. The minimum atomic E-state index is 0.684. The van der Waals surface area contributed by atoms with Crippen molar-refractivity contribution in [2.24, 2.45) is 0 Å². The fraction of sp³-hybridized carbons (Fsp3) is 0. The van der Waals surface area contributed by atoms with Crippen molar-refractivity contribution in [3.8, 4) is 11.2 Å². The Morgan fingerprint density at radius 3 is 2.42 bits per heavy atom. The second-order valence-corrected chi connectivity index (χ2v) is 3.56. The smallest absolute Gasteiger partial charge is 0.142 e. The van der Waals surface area contributed by atoms with E-state index in [0.717, 1.165) is 11.2 Å². The highest BCUT2D eigenvalue weighted by molar-refractivity contribution is 7.31. The van der Waals surface area contributed by atoms with Crippen LogP contribution in [0.2, 0.25) is 0 Å². The Balaban J connectivity index is 2.15. The minimum absolute atomic E-state index is 0.684. The first-order valence-electron chi connectivity index (χ1n) is 3.81. The molecule has 1 atom stereocenters. The van der Waals surface area contributed by atoms with Gasteiger partial charge in [0.1, 0.15) is 11.2 Å². The van der Waals surface area contributed by atoms with E-state index in [0.29, 0.717) is 8.19 Å². The Bertz CT molecular complexity index is 326. The average molecular weight is 176 g/mol. The van der Waals surface area contributed by atoms with Crippen LogP contribution in [0.4, 0.5) is 0 Å². The van der Waals surface area contributed by atoms with Crippen LogP contribution in [0.15, 0.2) is 48.3 Å². The third-order valence-corrected chi connectivity index (χ3v) is 2.45. The monoisotopic (exact) mass is 176 g/mol. The van der Waals surface area contributed by atoms with Gasteiger partial charge in [-0.1, -0.05) is 32.5 Å². The summed E-state index contributed by atoms with van der Waals surface area (Å²) in [5, 5.41) is 0. The van der Waals surface area contributed by atoms with Crippen molar-refractivity contribution in [3.63, 3.8) is 0 Å². The third-order valence-electron chi connectivity index (χ3n) is 1.54. The molecule has 0 fully saturated rings. The van der Waals surface area contributed by atoms with Crippen LogP contribution in [0.5, 0.6) is 11.2 Å². The molecule has 1 nitrogen and oxygen atoms in total. The Kier molecular flexibility index (Phi) is 2.15. The quantitative estimate of drug-likeness (QED) is 0.680. The summed E-state index contributed by atoms with van der Waals surface area (Å²) >= 11 is 0. The maximum Gasteiger partial charge on any atom is 0.142 e. The van der Waals surface area contributed by atoms with Gasteiger partial charge in [0.15, 0.2) is 0 Å². The summed E-state index contributed by atoms with van der Waals surface area (Å²) in [6.45, 7) is 0. The van der Waals surface area contributed by atoms with Crippen molar-refractivity contribution in [2.75, 3.05) is 0 Å². The summed E-state index contributed by atoms with van der Waals surface area (Å²) in [7, 11) is 0.684. The van der Waals surface area contributed by atoms with Gasteiger partial charge in [0.25, 0.3) is 0 Å². The summed E-state index contributed by atoms with van der Waals surface area (Å²) < 4.78 is 5.59. The predicted octanol–water partition coefficient (Wildman–Crippen LogP) is 3.51. The number of benzene rings is 1. The highest BCUT2D eigenvalue weighted by Gasteiger charge is 1.93. The van der Waals surface area contributed by atoms with Crippen molar-refractivity contribution in [1.82, 2.24) is 0 Å². The van der Waals surface area contributed by atoms with Gasteiger partial charge in [-0.15, -0.1) is 0 Å². The summed E-state index contributed by atoms with van der Waals surface area (Å²) in [6.07, 6.45) is 0. The summed E-state index contributed by atoms with van der Waals surface area (Å²) in [5.74, 6) is 3.03. The number of para-hydroxylation sites is 1. The average Bonchev–Trinajstić information content (AvgIpc) is 2.59. The highest BCUT2D eigenvalue weighted by atomic mass is 31.0. The molecule has 0 saturated carbocycles. The first-order chi connectivity index (χ1) is 5.95. The Morgan fingerprint density at radius 2 is 1.75 bits per heavy atom. The zero-order valence-corrected chi connectivity index (χ0v) is 7.53. The van der Waals surface area contributed by atoms with E-state index in [2.05, 4.69) is 5.80 Å². The van der Waals surface area contributed by atoms with Crippen molar-refractivity contribution < 1.29 is 4.74 Å². The molecule has 1 unspecified atom stereocenters. The van der Waals surface area contributed by atoms with Crippen LogP contribution in [-0.2, 0) is 0 Å². The largest absolute Gasteiger partial charge is 0.454 e. The van der Waals surface area contributed by atoms with Crippen LogP contribution in [-0.4, -0.2) is 0 Å². The number of hydrogen-bond donors (Lipinski definition) is 0. The molecular formula is C10H9OP. The van der Waals surface area contributed by atoms with E-state index in [4.69, 9.17) is 4.74 Å². The molecule has 1 aromatic carbocycles. The molecule has 0 aliphatic carbocycles. The Hall–Kier alpha value is -1.20. The molecule has 0 N–H and O–H groups in total. The lowest BCUT2D eigenvalue weighted by Crippen LogP contribution is -1.77. The molecule has 0 spiro atoms. The lowest BCUT2D eigenvalue weighted by molar-refractivity contribution is 0.497. The van der Waals surface area contributed by atoms with Gasteiger partial charge in [0.05, 0.1) is 0 Å². The lowest BCUT2D eigenvalue weighted by Gasteiger charge is -2.00. The van der Waals surface area contributed by atoms with Gasteiger partial charge >= 0.3 is 0 Å². The molecule has 2 rings (SSSR count). The van der Waals surface area contributed by atoms with Gasteiger partial charge in [-0.3, -0.25) is 0 Å². The van der Waals surface area contributed by atoms with E-state index in [1.54, 1.807) is 0 Å². The van der Waals surface area contributed by atoms with E-state index in [-0.39, 0.29) is 0 Å². The third kappa shape index (κ3) is 1.69. The fourth-order valence-corrected chi connectivity index (χ4v) is 1.72. The maximum absolute atomic E-state index is 5.59. The summed E-state index contributed by atoms with van der Waals surface area (Å²) in [5.41, 5.74) is 1.04. The van der Waals surface area contributed by atoms with Crippen LogP contribution in [0, 0.1) is 0 Å². The molecule has 0 saturated heterocycles. The molecule has 1 aromatic heterocycles. The highest BCUT2D eigenvalue weighted by Crippen LogP contribution is 2.29. The van der Waals surface area contributed by atoms with Gasteiger partial charge in [-0.05, 0) is 24.0 Å². The van der Waals surface area contributed by atoms with Crippen LogP contribution < -0.4 is 4.74 Å². The molecule has 2 aromatic rings. The van der Waals surface area contributed by atoms with Crippen LogP contribution in [0.3, 0.4) is 0 Å². The number of ether oxygens (including phenoxy) is 1. The van der Waals surface area contributed by atoms with Gasteiger partial charge < -0.3 is 4.74 Å². The van der Waals surface area contributed by atoms with Gasteiger partial charge in [-0.25, -0.2) is 0 Å². The molecule has 0 amide bonds. The van der Waals surface area contributed by atoms with Crippen LogP contribution >= 0.6 is 8.19 Å². The number of rotatable bonds is 2. The fourth-order valence-electron chi connectivity index (χ4n) is 0.993. The van der Waals surface area contributed by atoms with E-state index < -0.39 is 0 Å². The molecule has 0 aliphatic rings. The predicted molar refractivity (Wildman–Crippen MR) is 52.5 cm³/mol. The minimum Gasteiger partial charge on any atom is -0.454 e. The van der Waals surface area contributed by atoms with Crippen molar-refractivity contribution >= 4 is 8.19 Å².